The molecule has 0 aliphatic carbocycles. The van der Waals surface area contributed by atoms with Crippen molar-refractivity contribution in [1.29, 1.82) is 0 Å². The zero-order chi connectivity index (χ0) is 35.7. The molecule has 1 unspecified atom stereocenters. The number of amides is 3. The lowest BCUT2D eigenvalue weighted by Gasteiger charge is -2.17. The predicted molar refractivity (Wildman–Crippen MR) is 210 cm³/mol. The highest BCUT2D eigenvalue weighted by atomic mass is 32.2. The Hall–Kier alpha value is -6.36. The fraction of sp³-hybridized carbons (Fsp3) is 0.0238. The van der Waals surface area contributed by atoms with E-state index in [1.165, 1.54) is 23.1 Å². The van der Waals surface area contributed by atoms with E-state index in [2.05, 4.69) is 45.2 Å². The van der Waals surface area contributed by atoms with Crippen LogP contribution >= 0.6 is 23.1 Å². The van der Waals surface area contributed by atoms with Gasteiger partial charge in [0.05, 0.1) is 5.69 Å². The Kier molecular flexibility index (Phi) is 10.6. The Morgan fingerprint density at radius 1 is 0.731 bits per heavy atom. The average Bonchev–Trinajstić information content (AvgIpc) is 3.66. The summed E-state index contributed by atoms with van der Waals surface area (Å²) in [6.07, 6.45) is 4.80. The molecule has 0 saturated heterocycles. The molecule has 0 bridgehead atoms. The van der Waals surface area contributed by atoms with Gasteiger partial charge in [-0.3, -0.25) is 19.4 Å². The highest BCUT2D eigenvalue weighted by molar-refractivity contribution is 8.00. The summed E-state index contributed by atoms with van der Waals surface area (Å²) in [6, 6.07) is 43.3. The molecule has 3 amide bonds. The molecular weight excluding hydrogens is 687 g/mol. The standard InChI is InChI=1S/C42H31N5O3S2/c48-39(31-15-5-2-6-16-31)45-36(23-28-11-10-22-43-26-28)40(49)44-34-18-9-19-35(25-34)52-38(30-13-3-1-4-14-30)41(50)47-42-46-37(27-51-42)33-21-20-29-12-7-8-17-32(29)24-33/h1-27,38H,(H,44,49)(H,45,48)(H,46,47,50)/b36-23-. The summed E-state index contributed by atoms with van der Waals surface area (Å²) in [4.78, 5) is 50.2. The Labute approximate surface area is 308 Å². The zero-order valence-corrected chi connectivity index (χ0v) is 29.2. The zero-order valence-electron chi connectivity index (χ0n) is 27.6. The smallest absolute Gasteiger partial charge is 0.272 e. The van der Waals surface area contributed by atoms with Crippen LogP contribution in [0.1, 0.15) is 26.7 Å². The van der Waals surface area contributed by atoms with Crippen molar-refractivity contribution < 1.29 is 14.4 Å². The number of benzene rings is 5. The molecule has 0 fully saturated rings. The van der Waals surface area contributed by atoms with Crippen LogP contribution in [-0.2, 0) is 9.59 Å². The van der Waals surface area contributed by atoms with E-state index in [0.29, 0.717) is 21.9 Å². The summed E-state index contributed by atoms with van der Waals surface area (Å²) in [7, 11) is 0. The lowest BCUT2D eigenvalue weighted by atomic mass is 10.1. The molecule has 2 aromatic heterocycles. The molecule has 10 heteroatoms. The van der Waals surface area contributed by atoms with Gasteiger partial charge in [0.25, 0.3) is 11.8 Å². The molecule has 0 radical (unpaired) electrons. The molecule has 7 aromatic rings. The third-order valence-corrected chi connectivity index (χ3v) is 10.00. The van der Waals surface area contributed by atoms with E-state index < -0.39 is 17.1 Å². The van der Waals surface area contributed by atoms with Gasteiger partial charge in [-0.15, -0.1) is 23.1 Å². The molecular formula is C42H31N5O3S2. The number of hydrogen-bond acceptors (Lipinski definition) is 7. The molecule has 2 heterocycles. The van der Waals surface area contributed by atoms with Crippen molar-refractivity contribution in [3.05, 3.63) is 180 Å². The Bertz CT molecular complexity index is 2380. The van der Waals surface area contributed by atoms with Crippen molar-refractivity contribution in [1.82, 2.24) is 15.3 Å². The van der Waals surface area contributed by atoms with Crippen molar-refractivity contribution in [3.63, 3.8) is 0 Å². The van der Waals surface area contributed by atoms with Crippen molar-refractivity contribution in [3.8, 4) is 11.3 Å². The third kappa shape index (κ3) is 8.50. The molecule has 0 aliphatic rings. The maximum Gasteiger partial charge on any atom is 0.272 e. The van der Waals surface area contributed by atoms with E-state index in [1.54, 1.807) is 67.0 Å². The van der Waals surface area contributed by atoms with E-state index in [-0.39, 0.29) is 11.6 Å². The van der Waals surface area contributed by atoms with Gasteiger partial charge in [0.2, 0.25) is 5.91 Å². The molecule has 0 aliphatic heterocycles. The van der Waals surface area contributed by atoms with Crippen molar-refractivity contribution in [2.45, 2.75) is 10.1 Å². The number of thiazole rings is 1. The van der Waals surface area contributed by atoms with Crippen LogP contribution in [-0.4, -0.2) is 27.7 Å². The monoisotopic (exact) mass is 717 g/mol. The summed E-state index contributed by atoms with van der Waals surface area (Å²) in [5.74, 6) is -1.16. The molecule has 3 N–H and O–H groups in total. The van der Waals surface area contributed by atoms with Crippen molar-refractivity contribution in [2.75, 3.05) is 10.6 Å². The minimum atomic E-state index is -0.619. The van der Waals surface area contributed by atoms with Crippen LogP contribution in [0.3, 0.4) is 0 Å². The first-order valence-electron chi connectivity index (χ1n) is 16.4. The molecule has 7 rings (SSSR count). The second kappa shape index (κ2) is 16.1. The number of aromatic nitrogens is 2. The first-order chi connectivity index (χ1) is 25.5. The predicted octanol–water partition coefficient (Wildman–Crippen LogP) is 9.24. The van der Waals surface area contributed by atoms with Gasteiger partial charge < -0.3 is 16.0 Å². The van der Waals surface area contributed by atoms with Crippen molar-refractivity contribution in [2.24, 2.45) is 0 Å². The van der Waals surface area contributed by atoms with E-state index in [0.717, 1.165) is 32.5 Å². The summed E-state index contributed by atoms with van der Waals surface area (Å²) in [5, 5.41) is 12.8. The number of pyridine rings is 1. The highest BCUT2D eigenvalue weighted by Gasteiger charge is 2.24. The number of thioether (sulfide) groups is 1. The maximum atomic E-state index is 13.9. The van der Waals surface area contributed by atoms with Gasteiger partial charge in [-0.2, -0.15) is 0 Å². The number of fused-ring (bicyclic) bond motifs is 1. The van der Waals surface area contributed by atoms with E-state index in [1.807, 2.05) is 72.1 Å². The number of nitrogens with zero attached hydrogens (tertiary/aromatic N) is 2. The Morgan fingerprint density at radius 3 is 2.29 bits per heavy atom. The summed E-state index contributed by atoms with van der Waals surface area (Å²) < 4.78 is 0. The molecule has 0 spiro atoms. The normalized spacial score (nSPS) is 11.8. The fourth-order valence-electron chi connectivity index (χ4n) is 5.44. The van der Waals surface area contributed by atoms with Gasteiger partial charge in [-0.1, -0.05) is 97.1 Å². The van der Waals surface area contributed by atoms with Crippen molar-refractivity contribution >= 4 is 68.5 Å². The first-order valence-corrected chi connectivity index (χ1v) is 18.1. The minimum Gasteiger partial charge on any atom is -0.321 e. The van der Waals surface area contributed by atoms with Gasteiger partial charge in [-0.05, 0) is 70.4 Å². The molecule has 254 valence electrons. The largest absolute Gasteiger partial charge is 0.321 e. The molecule has 52 heavy (non-hydrogen) atoms. The lowest BCUT2D eigenvalue weighted by molar-refractivity contribution is -0.116. The fourth-order valence-corrected chi connectivity index (χ4v) is 7.24. The molecule has 8 nitrogen and oxygen atoms in total. The summed E-state index contributed by atoms with van der Waals surface area (Å²) >= 11 is 2.73. The van der Waals surface area contributed by atoms with Gasteiger partial charge in [0, 0.05) is 39.5 Å². The van der Waals surface area contributed by atoms with Crippen LogP contribution in [0.4, 0.5) is 10.8 Å². The van der Waals surface area contributed by atoms with Crippen LogP contribution < -0.4 is 16.0 Å². The van der Waals surface area contributed by atoms with E-state index >= 15 is 0 Å². The van der Waals surface area contributed by atoms with Crippen LogP contribution in [0.15, 0.2) is 168 Å². The Morgan fingerprint density at radius 2 is 1.50 bits per heavy atom. The summed E-state index contributed by atoms with van der Waals surface area (Å²) in [6.45, 7) is 0. The van der Waals surface area contributed by atoms with E-state index in [4.69, 9.17) is 4.98 Å². The second-order valence-electron chi connectivity index (χ2n) is 11.6. The Balaban J connectivity index is 1.09. The third-order valence-electron chi connectivity index (χ3n) is 7.99. The van der Waals surface area contributed by atoms with Gasteiger partial charge in [0.1, 0.15) is 10.9 Å². The summed E-state index contributed by atoms with van der Waals surface area (Å²) in [5.41, 5.74) is 4.18. The number of anilines is 2. The number of rotatable bonds is 11. The SMILES string of the molecule is O=C(Nc1cccc(SC(C(=O)Nc2nc(-c3ccc4ccccc4c3)cs2)c2ccccc2)c1)/C(=C/c1cccnc1)NC(=O)c1ccccc1. The number of hydrogen-bond donors (Lipinski definition) is 3. The van der Waals surface area contributed by atoms with Gasteiger partial charge in [-0.25, -0.2) is 4.98 Å². The topological polar surface area (TPSA) is 113 Å². The quantitative estimate of drug-likeness (QED) is 0.0909. The molecule has 1 atom stereocenters. The molecule has 5 aromatic carbocycles. The van der Waals surface area contributed by atoms with Crippen LogP contribution in [0.5, 0.6) is 0 Å². The first kappa shape index (κ1) is 34.1. The average molecular weight is 718 g/mol. The van der Waals surface area contributed by atoms with E-state index in [9.17, 15) is 14.4 Å². The number of carbonyl (C=O) groups excluding carboxylic acids is 3. The maximum absolute atomic E-state index is 13.9. The lowest BCUT2D eigenvalue weighted by Crippen LogP contribution is -2.30. The number of carbonyl (C=O) groups is 3. The molecule has 0 saturated carbocycles. The minimum absolute atomic E-state index is 0.0490. The number of nitrogens with one attached hydrogen (secondary N) is 3. The van der Waals surface area contributed by atoms with Gasteiger partial charge in [0.15, 0.2) is 5.13 Å². The van der Waals surface area contributed by atoms with Gasteiger partial charge >= 0.3 is 0 Å². The van der Waals surface area contributed by atoms with Crippen LogP contribution in [0.25, 0.3) is 28.1 Å². The van der Waals surface area contributed by atoms with Crippen LogP contribution in [0.2, 0.25) is 0 Å². The highest BCUT2D eigenvalue weighted by Crippen LogP contribution is 2.38. The second-order valence-corrected chi connectivity index (χ2v) is 13.7. The van der Waals surface area contributed by atoms with Crippen LogP contribution in [0, 0.1) is 0 Å².